The zero-order valence-electron chi connectivity index (χ0n) is 14.6. The van der Waals surface area contributed by atoms with Crippen LogP contribution in [0.15, 0.2) is 48.5 Å². The van der Waals surface area contributed by atoms with Crippen LogP contribution in [0.25, 0.3) is 0 Å². The van der Waals surface area contributed by atoms with Gasteiger partial charge in [-0.3, -0.25) is 9.69 Å². The van der Waals surface area contributed by atoms with Crippen LogP contribution in [0, 0.1) is 17.2 Å². The molecule has 0 aliphatic carbocycles. The van der Waals surface area contributed by atoms with Gasteiger partial charge in [-0.1, -0.05) is 35.9 Å². The number of benzene rings is 2. The van der Waals surface area contributed by atoms with Crippen LogP contribution in [0.3, 0.4) is 0 Å². The molecule has 4 nitrogen and oxygen atoms in total. The third-order valence-corrected chi connectivity index (χ3v) is 4.91. The first kappa shape index (κ1) is 18.4. The molecule has 1 heterocycles. The van der Waals surface area contributed by atoms with Gasteiger partial charge in [0.05, 0.1) is 18.4 Å². The van der Waals surface area contributed by atoms with Crippen LogP contribution >= 0.6 is 11.6 Å². The number of nitrogens with zero attached hydrogens (tertiary/aromatic N) is 2. The van der Waals surface area contributed by atoms with Crippen molar-refractivity contribution in [3.8, 4) is 6.07 Å². The van der Waals surface area contributed by atoms with Gasteiger partial charge in [0, 0.05) is 23.8 Å². The number of hydrogen-bond acceptors (Lipinski definition) is 3. The molecule has 2 aromatic rings. The van der Waals surface area contributed by atoms with Gasteiger partial charge in [0.15, 0.2) is 0 Å². The molecule has 1 amide bonds. The van der Waals surface area contributed by atoms with Crippen LogP contribution in [0.4, 0.5) is 5.69 Å². The number of likely N-dealkylation sites (tertiary alicyclic amines) is 1. The first-order valence-electron chi connectivity index (χ1n) is 8.87. The van der Waals surface area contributed by atoms with E-state index in [9.17, 15) is 4.79 Å². The molecule has 0 radical (unpaired) electrons. The Balaban J connectivity index is 1.56. The van der Waals surface area contributed by atoms with Gasteiger partial charge < -0.3 is 5.32 Å². The summed E-state index contributed by atoms with van der Waals surface area (Å²) in [5.74, 6) is 0.0514. The maximum atomic E-state index is 12.6. The number of piperidine rings is 1. The second kappa shape index (κ2) is 8.84. The Hall–Kier alpha value is -2.35. The fraction of sp³-hybridized carbons (Fsp3) is 0.333. The van der Waals surface area contributed by atoms with Crippen molar-refractivity contribution < 1.29 is 4.79 Å². The fourth-order valence-electron chi connectivity index (χ4n) is 3.35. The van der Waals surface area contributed by atoms with E-state index in [4.69, 9.17) is 16.9 Å². The topological polar surface area (TPSA) is 56.1 Å². The van der Waals surface area contributed by atoms with E-state index in [-0.39, 0.29) is 11.8 Å². The van der Waals surface area contributed by atoms with Crippen molar-refractivity contribution in [3.63, 3.8) is 0 Å². The molecule has 0 saturated carbocycles. The molecule has 1 N–H and O–H groups in total. The van der Waals surface area contributed by atoms with E-state index in [0.29, 0.717) is 6.42 Å². The molecule has 0 aromatic heterocycles. The maximum absolute atomic E-state index is 12.6. The molecule has 5 heteroatoms. The summed E-state index contributed by atoms with van der Waals surface area (Å²) in [4.78, 5) is 14.9. The fourth-order valence-corrected chi connectivity index (χ4v) is 3.56. The number of carbonyl (C=O) groups excluding carboxylic acids is 1. The van der Waals surface area contributed by atoms with Crippen molar-refractivity contribution in [3.05, 3.63) is 64.7 Å². The first-order valence-corrected chi connectivity index (χ1v) is 9.25. The molecular formula is C21H22ClN3O. The number of amides is 1. The zero-order valence-corrected chi connectivity index (χ0v) is 15.4. The Morgan fingerprint density at radius 2 is 2.04 bits per heavy atom. The standard InChI is InChI=1S/C21H22ClN3O/c22-19-5-1-3-17(13-19)14-25-12-2-4-18(15-25)21(26)24-20-8-6-16(7-9-20)10-11-23/h1,3,5-9,13,18H,2,4,10,12,14-15H2,(H,24,26). The second-order valence-electron chi connectivity index (χ2n) is 6.73. The normalized spacial score (nSPS) is 17.5. The maximum Gasteiger partial charge on any atom is 0.228 e. The molecule has 2 aromatic carbocycles. The molecule has 1 fully saturated rings. The first-order chi connectivity index (χ1) is 12.6. The summed E-state index contributed by atoms with van der Waals surface area (Å²) in [5, 5.41) is 12.5. The van der Waals surface area contributed by atoms with Crippen molar-refractivity contribution in [2.24, 2.45) is 5.92 Å². The van der Waals surface area contributed by atoms with E-state index in [1.165, 1.54) is 5.56 Å². The molecule has 26 heavy (non-hydrogen) atoms. The molecule has 3 rings (SSSR count). The van der Waals surface area contributed by atoms with E-state index >= 15 is 0 Å². The number of nitrogens with one attached hydrogen (secondary N) is 1. The number of carbonyl (C=O) groups is 1. The lowest BCUT2D eigenvalue weighted by molar-refractivity contribution is -0.121. The Morgan fingerprint density at radius 3 is 2.77 bits per heavy atom. The van der Waals surface area contributed by atoms with E-state index in [2.05, 4.69) is 22.4 Å². The smallest absolute Gasteiger partial charge is 0.228 e. The molecule has 134 valence electrons. The third kappa shape index (κ3) is 5.08. The molecule has 1 unspecified atom stereocenters. The van der Waals surface area contributed by atoms with Crippen LogP contribution < -0.4 is 5.32 Å². The summed E-state index contributed by atoms with van der Waals surface area (Å²) in [6.07, 6.45) is 2.31. The van der Waals surface area contributed by atoms with Crippen molar-refractivity contribution in [1.82, 2.24) is 4.90 Å². The van der Waals surface area contributed by atoms with Gasteiger partial charge in [-0.15, -0.1) is 0 Å². The molecule has 1 aliphatic heterocycles. The third-order valence-electron chi connectivity index (χ3n) is 4.68. The predicted octanol–water partition coefficient (Wildman–Crippen LogP) is 4.26. The van der Waals surface area contributed by atoms with Gasteiger partial charge >= 0.3 is 0 Å². The van der Waals surface area contributed by atoms with Gasteiger partial charge in [-0.25, -0.2) is 0 Å². The molecule has 1 atom stereocenters. The Labute approximate surface area is 159 Å². The number of anilines is 1. The molecule has 1 saturated heterocycles. The summed E-state index contributed by atoms with van der Waals surface area (Å²) in [6.45, 7) is 2.57. The number of nitriles is 1. The van der Waals surface area contributed by atoms with Crippen LogP contribution in [0.5, 0.6) is 0 Å². The van der Waals surface area contributed by atoms with Crippen molar-refractivity contribution in [2.45, 2.75) is 25.8 Å². The lowest BCUT2D eigenvalue weighted by Crippen LogP contribution is -2.40. The second-order valence-corrected chi connectivity index (χ2v) is 7.16. The van der Waals surface area contributed by atoms with Crippen molar-refractivity contribution in [1.29, 1.82) is 5.26 Å². The number of halogens is 1. The molecule has 0 spiro atoms. The van der Waals surface area contributed by atoms with E-state index in [1.807, 2.05) is 42.5 Å². The van der Waals surface area contributed by atoms with E-state index in [1.54, 1.807) is 0 Å². The van der Waals surface area contributed by atoms with Crippen LogP contribution in [0.2, 0.25) is 5.02 Å². The highest BCUT2D eigenvalue weighted by Gasteiger charge is 2.25. The highest BCUT2D eigenvalue weighted by atomic mass is 35.5. The largest absolute Gasteiger partial charge is 0.326 e. The molecular weight excluding hydrogens is 346 g/mol. The summed E-state index contributed by atoms with van der Waals surface area (Å²) in [6, 6.07) is 17.5. The van der Waals surface area contributed by atoms with Crippen molar-refractivity contribution in [2.75, 3.05) is 18.4 Å². The molecule has 1 aliphatic rings. The van der Waals surface area contributed by atoms with Crippen LogP contribution in [-0.2, 0) is 17.8 Å². The quantitative estimate of drug-likeness (QED) is 0.859. The van der Waals surface area contributed by atoms with Gasteiger partial charge in [-0.2, -0.15) is 5.26 Å². The predicted molar refractivity (Wildman–Crippen MR) is 104 cm³/mol. The number of hydrogen-bond donors (Lipinski definition) is 1. The van der Waals surface area contributed by atoms with Gasteiger partial charge in [0.25, 0.3) is 0 Å². The highest BCUT2D eigenvalue weighted by molar-refractivity contribution is 6.30. The van der Waals surface area contributed by atoms with E-state index in [0.717, 1.165) is 48.7 Å². The Morgan fingerprint density at radius 1 is 1.23 bits per heavy atom. The minimum atomic E-state index is -0.0123. The minimum absolute atomic E-state index is 0.0123. The summed E-state index contributed by atoms with van der Waals surface area (Å²) in [5.41, 5.74) is 2.91. The SMILES string of the molecule is N#CCc1ccc(NC(=O)C2CCCN(Cc3cccc(Cl)c3)C2)cc1. The van der Waals surface area contributed by atoms with Gasteiger partial charge in [0.2, 0.25) is 5.91 Å². The molecule has 0 bridgehead atoms. The van der Waals surface area contributed by atoms with E-state index < -0.39 is 0 Å². The average Bonchev–Trinajstić information content (AvgIpc) is 2.64. The Kier molecular flexibility index (Phi) is 6.27. The lowest BCUT2D eigenvalue weighted by atomic mass is 9.96. The Bertz CT molecular complexity index is 798. The average molecular weight is 368 g/mol. The monoisotopic (exact) mass is 367 g/mol. The lowest BCUT2D eigenvalue weighted by Gasteiger charge is -2.32. The summed E-state index contributed by atoms with van der Waals surface area (Å²) >= 11 is 6.06. The number of rotatable bonds is 5. The van der Waals surface area contributed by atoms with Gasteiger partial charge in [-0.05, 0) is 54.8 Å². The van der Waals surface area contributed by atoms with Crippen LogP contribution in [-0.4, -0.2) is 23.9 Å². The minimum Gasteiger partial charge on any atom is -0.326 e. The summed E-state index contributed by atoms with van der Waals surface area (Å²) in [7, 11) is 0. The van der Waals surface area contributed by atoms with Crippen molar-refractivity contribution >= 4 is 23.2 Å². The van der Waals surface area contributed by atoms with Gasteiger partial charge in [0.1, 0.15) is 0 Å². The zero-order chi connectivity index (χ0) is 18.4. The highest BCUT2D eigenvalue weighted by Crippen LogP contribution is 2.21. The summed E-state index contributed by atoms with van der Waals surface area (Å²) < 4.78 is 0. The van der Waals surface area contributed by atoms with Crippen LogP contribution in [0.1, 0.15) is 24.0 Å².